The van der Waals surface area contributed by atoms with Crippen LogP contribution in [0.5, 0.6) is 0 Å². The summed E-state index contributed by atoms with van der Waals surface area (Å²) in [4.78, 5) is 0. The van der Waals surface area contributed by atoms with E-state index in [4.69, 9.17) is 4.42 Å². The highest BCUT2D eigenvalue weighted by Crippen LogP contribution is 2.22. The monoisotopic (exact) mass is 321 g/mol. The lowest BCUT2D eigenvalue weighted by Gasteiger charge is -2.17. The molecule has 3 heteroatoms. The highest BCUT2D eigenvalue weighted by atomic mass is 79.9. The first-order valence-corrected chi connectivity index (χ1v) is 7.51. The largest absolute Gasteiger partial charge is 0.469 e. The molecule has 0 saturated heterocycles. The van der Waals surface area contributed by atoms with Crippen molar-refractivity contribution in [3.8, 4) is 0 Å². The van der Waals surface area contributed by atoms with Crippen molar-refractivity contribution in [1.29, 1.82) is 0 Å². The lowest BCUT2D eigenvalue weighted by atomic mass is 10.0. The molecule has 1 atom stereocenters. The van der Waals surface area contributed by atoms with Gasteiger partial charge in [-0.3, -0.25) is 0 Å². The van der Waals surface area contributed by atoms with Crippen molar-refractivity contribution in [2.75, 3.05) is 6.54 Å². The van der Waals surface area contributed by atoms with Crippen LogP contribution in [-0.4, -0.2) is 6.54 Å². The molecule has 0 fully saturated rings. The van der Waals surface area contributed by atoms with Gasteiger partial charge in [0.1, 0.15) is 5.76 Å². The third kappa shape index (κ3) is 4.22. The van der Waals surface area contributed by atoms with E-state index >= 15 is 0 Å². The molecule has 0 saturated carbocycles. The van der Waals surface area contributed by atoms with Crippen LogP contribution in [0.3, 0.4) is 0 Å². The normalized spacial score (nSPS) is 12.6. The molecule has 2 nitrogen and oxygen atoms in total. The Balaban J connectivity index is 2.13. The van der Waals surface area contributed by atoms with Crippen LogP contribution in [0.4, 0.5) is 0 Å². The molecular weight excluding hydrogens is 302 g/mol. The van der Waals surface area contributed by atoms with E-state index in [0.717, 1.165) is 29.6 Å². The number of aryl methyl sites for hydroxylation is 1. The molecule has 2 aromatic rings. The molecular formula is C16H20BrNO. The van der Waals surface area contributed by atoms with Gasteiger partial charge in [0.25, 0.3) is 0 Å². The van der Waals surface area contributed by atoms with E-state index < -0.39 is 0 Å². The Morgan fingerprint density at radius 1 is 1.32 bits per heavy atom. The van der Waals surface area contributed by atoms with Crippen molar-refractivity contribution in [3.05, 3.63) is 58.0 Å². The Morgan fingerprint density at radius 2 is 2.16 bits per heavy atom. The maximum Gasteiger partial charge on any atom is 0.101 e. The van der Waals surface area contributed by atoms with Gasteiger partial charge < -0.3 is 9.73 Å². The fourth-order valence-electron chi connectivity index (χ4n) is 2.17. The first kappa shape index (κ1) is 14.4. The van der Waals surface area contributed by atoms with E-state index in [2.05, 4.69) is 58.5 Å². The molecule has 1 unspecified atom stereocenters. The minimum absolute atomic E-state index is 0.312. The predicted octanol–water partition coefficient (Wildman–Crippen LogP) is 4.63. The van der Waals surface area contributed by atoms with Crippen molar-refractivity contribution in [3.63, 3.8) is 0 Å². The van der Waals surface area contributed by atoms with Crippen molar-refractivity contribution < 1.29 is 4.42 Å². The summed E-state index contributed by atoms with van der Waals surface area (Å²) in [6.45, 7) is 5.19. The van der Waals surface area contributed by atoms with Crippen molar-refractivity contribution in [2.45, 2.75) is 32.7 Å². The molecule has 0 aliphatic carbocycles. The van der Waals surface area contributed by atoms with Crippen molar-refractivity contribution in [2.24, 2.45) is 0 Å². The summed E-state index contributed by atoms with van der Waals surface area (Å²) >= 11 is 3.53. The van der Waals surface area contributed by atoms with Gasteiger partial charge in [-0.2, -0.15) is 0 Å². The maximum absolute atomic E-state index is 5.44. The Hall–Kier alpha value is -1.06. The van der Waals surface area contributed by atoms with Crippen LogP contribution < -0.4 is 5.32 Å². The molecule has 1 heterocycles. The molecule has 0 spiro atoms. The van der Waals surface area contributed by atoms with E-state index in [-0.39, 0.29) is 0 Å². The lowest BCUT2D eigenvalue weighted by molar-refractivity contribution is 0.503. The Morgan fingerprint density at radius 3 is 2.79 bits per heavy atom. The molecule has 0 aliphatic heterocycles. The van der Waals surface area contributed by atoms with Crippen LogP contribution in [0.15, 0.2) is 45.5 Å². The van der Waals surface area contributed by atoms with Crippen LogP contribution in [0, 0.1) is 6.92 Å². The predicted molar refractivity (Wildman–Crippen MR) is 82.3 cm³/mol. The number of hydrogen-bond donors (Lipinski definition) is 1. The number of benzene rings is 1. The first-order valence-electron chi connectivity index (χ1n) is 6.72. The van der Waals surface area contributed by atoms with Gasteiger partial charge in [-0.1, -0.05) is 35.0 Å². The van der Waals surface area contributed by atoms with Crippen LogP contribution >= 0.6 is 15.9 Å². The van der Waals surface area contributed by atoms with E-state index in [1.165, 1.54) is 11.1 Å². The Bertz CT molecular complexity index is 521. The van der Waals surface area contributed by atoms with Crippen molar-refractivity contribution >= 4 is 15.9 Å². The van der Waals surface area contributed by atoms with Gasteiger partial charge in [-0.25, -0.2) is 0 Å². The molecule has 1 N–H and O–H groups in total. The van der Waals surface area contributed by atoms with Crippen LogP contribution in [0.2, 0.25) is 0 Å². The molecule has 1 aromatic carbocycles. The summed E-state index contributed by atoms with van der Waals surface area (Å²) in [5.41, 5.74) is 2.55. The molecule has 0 radical (unpaired) electrons. The van der Waals surface area contributed by atoms with Gasteiger partial charge in [0.2, 0.25) is 0 Å². The lowest BCUT2D eigenvalue weighted by Crippen LogP contribution is -2.23. The van der Waals surface area contributed by atoms with Gasteiger partial charge >= 0.3 is 0 Å². The average molecular weight is 322 g/mol. The third-order valence-corrected chi connectivity index (χ3v) is 3.62. The summed E-state index contributed by atoms with van der Waals surface area (Å²) in [5, 5.41) is 3.59. The van der Waals surface area contributed by atoms with Gasteiger partial charge in [0.05, 0.1) is 6.26 Å². The van der Waals surface area contributed by atoms with E-state index in [1.54, 1.807) is 0 Å². The summed E-state index contributed by atoms with van der Waals surface area (Å²) in [6.07, 6.45) is 3.96. The summed E-state index contributed by atoms with van der Waals surface area (Å²) in [7, 11) is 0. The van der Waals surface area contributed by atoms with Crippen molar-refractivity contribution in [1.82, 2.24) is 5.32 Å². The standard InChI is InChI=1S/C16H20BrNO/c1-3-7-18-16(14-8-12(2)19-11-14)10-13-5-4-6-15(17)9-13/h4-6,8-9,11,16,18H,3,7,10H2,1-2H3. The molecule has 1 aromatic heterocycles. The average Bonchev–Trinajstić information content (AvgIpc) is 2.81. The second kappa shape index (κ2) is 6.92. The molecule has 2 rings (SSSR count). The van der Waals surface area contributed by atoms with Crippen LogP contribution in [0.1, 0.15) is 36.3 Å². The fourth-order valence-corrected chi connectivity index (χ4v) is 2.62. The first-order chi connectivity index (χ1) is 9.19. The van der Waals surface area contributed by atoms with Crippen LogP contribution in [-0.2, 0) is 6.42 Å². The minimum atomic E-state index is 0.312. The molecule has 19 heavy (non-hydrogen) atoms. The number of furan rings is 1. The maximum atomic E-state index is 5.44. The van der Waals surface area contributed by atoms with Crippen LogP contribution in [0.25, 0.3) is 0 Å². The zero-order chi connectivity index (χ0) is 13.7. The summed E-state index contributed by atoms with van der Waals surface area (Å²) < 4.78 is 6.57. The van der Waals surface area contributed by atoms with Gasteiger partial charge in [-0.05, 0) is 50.1 Å². The fraction of sp³-hybridized carbons (Fsp3) is 0.375. The highest BCUT2D eigenvalue weighted by molar-refractivity contribution is 9.10. The second-order valence-electron chi connectivity index (χ2n) is 4.83. The topological polar surface area (TPSA) is 25.2 Å². The summed E-state index contributed by atoms with van der Waals surface area (Å²) in [6, 6.07) is 10.9. The van der Waals surface area contributed by atoms with E-state index in [0.29, 0.717) is 6.04 Å². The number of hydrogen-bond acceptors (Lipinski definition) is 2. The van der Waals surface area contributed by atoms with Gasteiger partial charge in [-0.15, -0.1) is 0 Å². The molecule has 0 aliphatic rings. The summed E-state index contributed by atoms with van der Waals surface area (Å²) in [5.74, 6) is 0.965. The zero-order valence-corrected chi connectivity index (χ0v) is 13.0. The zero-order valence-electron chi connectivity index (χ0n) is 11.4. The van der Waals surface area contributed by atoms with Gasteiger partial charge in [0, 0.05) is 16.1 Å². The minimum Gasteiger partial charge on any atom is -0.469 e. The number of halogens is 1. The smallest absolute Gasteiger partial charge is 0.101 e. The quantitative estimate of drug-likeness (QED) is 0.838. The SMILES string of the molecule is CCCNC(Cc1cccc(Br)c1)c1coc(C)c1. The molecule has 102 valence electrons. The number of nitrogens with one attached hydrogen (secondary N) is 1. The van der Waals surface area contributed by atoms with E-state index in [1.807, 2.05) is 13.2 Å². The number of rotatable bonds is 6. The molecule has 0 amide bonds. The Kier molecular flexibility index (Phi) is 5.23. The Labute approximate surface area is 123 Å². The van der Waals surface area contributed by atoms with E-state index in [9.17, 15) is 0 Å². The van der Waals surface area contributed by atoms with Gasteiger partial charge in [0.15, 0.2) is 0 Å². The molecule has 0 bridgehead atoms. The highest BCUT2D eigenvalue weighted by Gasteiger charge is 2.13. The third-order valence-electron chi connectivity index (χ3n) is 3.12. The second-order valence-corrected chi connectivity index (χ2v) is 5.75.